The van der Waals surface area contributed by atoms with Gasteiger partial charge in [-0.3, -0.25) is 0 Å². The summed E-state index contributed by atoms with van der Waals surface area (Å²) in [7, 11) is 0. The van der Waals surface area contributed by atoms with Crippen LogP contribution in [-0.2, 0) is 0 Å². The van der Waals surface area contributed by atoms with Crippen LogP contribution in [0.2, 0.25) is 0 Å². The smallest absolute Gasteiger partial charge is 0.0701 e. The van der Waals surface area contributed by atoms with Crippen LogP contribution in [0.5, 0.6) is 0 Å². The van der Waals surface area contributed by atoms with Gasteiger partial charge in [-0.1, -0.05) is 34.6 Å². The molecule has 12 heavy (non-hydrogen) atoms. The van der Waals surface area contributed by atoms with E-state index >= 15 is 0 Å². The first kappa shape index (κ1) is 10.0. The summed E-state index contributed by atoms with van der Waals surface area (Å²) in [6.45, 7) is 10.9. The second kappa shape index (κ2) is 2.47. The van der Waals surface area contributed by atoms with Gasteiger partial charge < -0.3 is 5.11 Å². The summed E-state index contributed by atoms with van der Waals surface area (Å²) >= 11 is 0. The molecule has 0 aliphatic heterocycles. The SMILES string of the molecule is CC1(C)CCC(O)(C(C)(C)C)C1. The first-order valence-electron chi connectivity index (χ1n) is 4.89. The van der Waals surface area contributed by atoms with Gasteiger partial charge in [0.15, 0.2) is 0 Å². The molecule has 0 spiro atoms. The zero-order valence-corrected chi connectivity index (χ0v) is 9.07. The minimum Gasteiger partial charge on any atom is -0.389 e. The van der Waals surface area contributed by atoms with E-state index in [1.54, 1.807) is 0 Å². The Kier molecular flexibility index (Phi) is 2.07. The fourth-order valence-electron chi connectivity index (χ4n) is 2.15. The largest absolute Gasteiger partial charge is 0.389 e. The Morgan fingerprint density at radius 3 is 1.75 bits per heavy atom. The van der Waals surface area contributed by atoms with Gasteiger partial charge in [-0.2, -0.15) is 0 Å². The molecule has 1 N–H and O–H groups in total. The van der Waals surface area contributed by atoms with Crippen LogP contribution < -0.4 is 0 Å². The lowest BCUT2D eigenvalue weighted by Gasteiger charge is -2.38. The van der Waals surface area contributed by atoms with Crippen LogP contribution in [0.15, 0.2) is 0 Å². The van der Waals surface area contributed by atoms with Gasteiger partial charge in [-0.05, 0) is 30.1 Å². The maximum atomic E-state index is 10.4. The summed E-state index contributed by atoms with van der Waals surface area (Å²) in [5, 5.41) is 10.4. The van der Waals surface area contributed by atoms with Crippen molar-refractivity contribution in [2.24, 2.45) is 10.8 Å². The van der Waals surface area contributed by atoms with Crippen molar-refractivity contribution in [2.45, 2.75) is 59.5 Å². The molecule has 0 aromatic rings. The highest BCUT2D eigenvalue weighted by Gasteiger charge is 2.48. The molecule has 1 nitrogen and oxygen atoms in total. The van der Waals surface area contributed by atoms with Crippen LogP contribution >= 0.6 is 0 Å². The van der Waals surface area contributed by atoms with Crippen molar-refractivity contribution in [1.82, 2.24) is 0 Å². The van der Waals surface area contributed by atoms with Crippen molar-refractivity contribution in [3.63, 3.8) is 0 Å². The first-order chi connectivity index (χ1) is 5.16. The van der Waals surface area contributed by atoms with Gasteiger partial charge in [0, 0.05) is 0 Å². The Bertz CT molecular complexity index is 176. The highest BCUT2D eigenvalue weighted by atomic mass is 16.3. The Morgan fingerprint density at radius 2 is 1.58 bits per heavy atom. The summed E-state index contributed by atoms with van der Waals surface area (Å²) in [4.78, 5) is 0. The van der Waals surface area contributed by atoms with Gasteiger partial charge in [0.05, 0.1) is 5.60 Å². The molecule has 0 radical (unpaired) electrons. The van der Waals surface area contributed by atoms with Gasteiger partial charge in [0.2, 0.25) is 0 Å². The fraction of sp³-hybridized carbons (Fsp3) is 1.00. The number of aliphatic hydroxyl groups is 1. The Balaban J connectivity index is 2.78. The van der Waals surface area contributed by atoms with E-state index in [1.807, 2.05) is 0 Å². The van der Waals surface area contributed by atoms with E-state index in [0.29, 0.717) is 5.41 Å². The number of rotatable bonds is 0. The van der Waals surface area contributed by atoms with Gasteiger partial charge in [0.25, 0.3) is 0 Å². The predicted molar refractivity (Wildman–Crippen MR) is 52.0 cm³/mol. The van der Waals surface area contributed by atoms with Gasteiger partial charge in [-0.15, -0.1) is 0 Å². The average molecular weight is 170 g/mol. The topological polar surface area (TPSA) is 20.2 Å². The van der Waals surface area contributed by atoms with E-state index in [-0.39, 0.29) is 5.41 Å². The van der Waals surface area contributed by atoms with Crippen LogP contribution in [0.25, 0.3) is 0 Å². The molecule has 0 aromatic heterocycles. The third kappa shape index (κ3) is 1.66. The predicted octanol–water partition coefficient (Wildman–Crippen LogP) is 2.97. The van der Waals surface area contributed by atoms with E-state index in [9.17, 15) is 5.11 Å². The third-order valence-corrected chi connectivity index (χ3v) is 3.38. The molecule has 0 bridgehead atoms. The molecule has 1 unspecified atom stereocenters. The van der Waals surface area contributed by atoms with E-state index < -0.39 is 5.60 Å². The molecule has 72 valence electrons. The zero-order chi connectivity index (χ0) is 9.62. The van der Waals surface area contributed by atoms with E-state index in [1.165, 1.54) is 0 Å². The quantitative estimate of drug-likeness (QED) is 0.592. The average Bonchev–Trinajstić information content (AvgIpc) is 2.05. The molecule has 1 fully saturated rings. The standard InChI is InChI=1S/C11H22O/c1-9(2,3)11(12)7-6-10(4,5)8-11/h12H,6-8H2,1-5H3. The lowest BCUT2D eigenvalue weighted by Crippen LogP contribution is -2.40. The van der Waals surface area contributed by atoms with Crippen LogP contribution in [0.4, 0.5) is 0 Å². The van der Waals surface area contributed by atoms with Gasteiger partial charge in [0.1, 0.15) is 0 Å². The van der Waals surface area contributed by atoms with Gasteiger partial charge in [-0.25, -0.2) is 0 Å². The van der Waals surface area contributed by atoms with Crippen molar-refractivity contribution in [2.75, 3.05) is 0 Å². The monoisotopic (exact) mass is 170 g/mol. The fourth-order valence-corrected chi connectivity index (χ4v) is 2.15. The molecule has 0 heterocycles. The van der Waals surface area contributed by atoms with Crippen LogP contribution in [-0.4, -0.2) is 10.7 Å². The molecule has 1 saturated carbocycles. The minimum atomic E-state index is -0.434. The summed E-state index contributed by atoms with van der Waals surface area (Å²) in [6, 6.07) is 0. The lowest BCUT2D eigenvalue weighted by atomic mass is 9.73. The lowest BCUT2D eigenvalue weighted by molar-refractivity contribution is -0.0584. The summed E-state index contributed by atoms with van der Waals surface area (Å²) < 4.78 is 0. The van der Waals surface area contributed by atoms with Gasteiger partial charge >= 0.3 is 0 Å². The normalized spacial score (nSPS) is 35.5. The van der Waals surface area contributed by atoms with Crippen LogP contribution in [0.1, 0.15) is 53.9 Å². The third-order valence-electron chi connectivity index (χ3n) is 3.38. The molecule has 1 aliphatic carbocycles. The molecule has 0 saturated heterocycles. The maximum Gasteiger partial charge on any atom is 0.0701 e. The van der Waals surface area contributed by atoms with Crippen molar-refractivity contribution >= 4 is 0 Å². The summed E-state index contributed by atoms with van der Waals surface area (Å²) in [5.41, 5.74) is -0.0701. The molecular formula is C11H22O. The summed E-state index contributed by atoms with van der Waals surface area (Å²) in [6.07, 6.45) is 3.06. The zero-order valence-electron chi connectivity index (χ0n) is 9.07. The van der Waals surface area contributed by atoms with Crippen LogP contribution in [0.3, 0.4) is 0 Å². The molecule has 1 aliphatic rings. The van der Waals surface area contributed by atoms with Crippen molar-refractivity contribution in [1.29, 1.82) is 0 Å². The maximum absolute atomic E-state index is 10.4. The van der Waals surface area contributed by atoms with Crippen LogP contribution in [0, 0.1) is 10.8 Å². The Morgan fingerprint density at radius 1 is 1.08 bits per heavy atom. The van der Waals surface area contributed by atoms with Crippen molar-refractivity contribution < 1.29 is 5.11 Å². The Hall–Kier alpha value is -0.0400. The number of hydrogen-bond acceptors (Lipinski definition) is 1. The molecule has 1 rings (SSSR count). The first-order valence-corrected chi connectivity index (χ1v) is 4.89. The highest BCUT2D eigenvalue weighted by Crippen LogP contribution is 2.51. The van der Waals surface area contributed by atoms with Crippen molar-refractivity contribution in [3.05, 3.63) is 0 Å². The molecule has 1 heteroatoms. The number of hydrogen-bond donors (Lipinski definition) is 1. The Labute approximate surface area is 76.2 Å². The second-order valence-corrected chi connectivity index (χ2v) is 6.12. The molecular weight excluding hydrogens is 148 g/mol. The van der Waals surface area contributed by atoms with E-state index in [2.05, 4.69) is 34.6 Å². The molecule has 1 atom stereocenters. The molecule has 0 amide bonds. The second-order valence-electron chi connectivity index (χ2n) is 6.12. The minimum absolute atomic E-state index is 0.0285. The highest BCUT2D eigenvalue weighted by molar-refractivity contribution is 5.00. The van der Waals surface area contributed by atoms with Crippen molar-refractivity contribution in [3.8, 4) is 0 Å². The van der Waals surface area contributed by atoms with E-state index in [0.717, 1.165) is 19.3 Å². The van der Waals surface area contributed by atoms with E-state index in [4.69, 9.17) is 0 Å². The summed E-state index contributed by atoms with van der Waals surface area (Å²) in [5.74, 6) is 0. The molecule has 0 aromatic carbocycles.